The van der Waals surface area contributed by atoms with Crippen molar-refractivity contribution < 1.29 is 9.59 Å². The number of nitrogens with one attached hydrogen (secondary N) is 2. The van der Waals surface area contributed by atoms with E-state index in [-0.39, 0.29) is 11.7 Å². The molecule has 1 fully saturated rings. The summed E-state index contributed by atoms with van der Waals surface area (Å²) in [5, 5.41) is 5.73. The van der Waals surface area contributed by atoms with Crippen molar-refractivity contribution in [3.63, 3.8) is 0 Å². The molecule has 1 aromatic heterocycles. The second-order valence-corrected chi connectivity index (χ2v) is 7.85. The van der Waals surface area contributed by atoms with Gasteiger partial charge in [0.1, 0.15) is 6.04 Å². The molecular weight excluding hydrogens is 376 g/mol. The van der Waals surface area contributed by atoms with E-state index in [0.717, 1.165) is 40.9 Å². The van der Waals surface area contributed by atoms with E-state index in [1.54, 1.807) is 6.20 Å². The van der Waals surface area contributed by atoms with Crippen LogP contribution in [0.1, 0.15) is 46.9 Å². The van der Waals surface area contributed by atoms with E-state index >= 15 is 0 Å². The van der Waals surface area contributed by atoms with Gasteiger partial charge in [-0.2, -0.15) is 0 Å². The van der Waals surface area contributed by atoms with Crippen LogP contribution >= 0.6 is 0 Å². The molecule has 30 heavy (non-hydrogen) atoms. The molecule has 2 aliphatic rings. The topological polar surface area (TPSA) is 84.0 Å². The Morgan fingerprint density at radius 2 is 1.77 bits per heavy atom. The summed E-state index contributed by atoms with van der Waals surface area (Å²) in [6.45, 7) is 0. The van der Waals surface area contributed by atoms with Crippen LogP contribution in [0.2, 0.25) is 0 Å². The SMILES string of the molecule is O=C(NC1CCc2ccccc2NC1=O)c1ncc(C2CC2)c(-c2ccccc2)n1. The Hall–Kier alpha value is -3.54. The number of carbonyl (C=O) groups excluding carboxylic acids is 2. The molecule has 3 aromatic rings. The lowest BCUT2D eigenvalue weighted by Gasteiger charge is -2.15. The molecule has 2 aromatic carbocycles. The highest BCUT2D eigenvalue weighted by Gasteiger charge is 2.30. The molecule has 5 rings (SSSR count). The lowest BCUT2D eigenvalue weighted by atomic mass is 10.0. The number of aryl methyl sites for hydroxylation is 1. The molecule has 1 saturated carbocycles. The first-order chi connectivity index (χ1) is 14.7. The minimum Gasteiger partial charge on any atom is -0.337 e. The highest BCUT2D eigenvalue weighted by Crippen LogP contribution is 2.43. The number of hydrogen-bond donors (Lipinski definition) is 2. The fourth-order valence-electron chi connectivity index (χ4n) is 3.89. The Morgan fingerprint density at radius 1 is 1.00 bits per heavy atom. The number of nitrogens with zero attached hydrogens (tertiary/aromatic N) is 2. The molecule has 6 nitrogen and oxygen atoms in total. The van der Waals surface area contributed by atoms with Crippen molar-refractivity contribution in [2.24, 2.45) is 0 Å². The number of fused-ring (bicyclic) bond motifs is 1. The Kier molecular flexibility index (Phi) is 4.75. The number of rotatable bonds is 4. The van der Waals surface area contributed by atoms with Gasteiger partial charge in [-0.25, -0.2) is 9.97 Å². The fourth-order valence-corrected chi connectivity index (χ4v) is 3.89. The zero-order valence-corrected chi connectivity index (χ0v) is 16.5. The third-order valence-corrected chi connectivity index (χ3v) is 5.68. The highest BCUT2D eigenvalue weighted by atomic mass is 16.2. The number of para-hydroxylation sites is 1. The molecule has 1 unspecified atom stereocenters. The number of benzene rings is 2. The Labute approximate surface area is 174 Å². The zero-order chi connectivity index (χ0) is 20.5. The molecule has 2 amide bonds. The third-order valence-electron chi connectivity index (χ3n) is 5.68. The third kappa shape index (κ3) is 3.68. The summed E-state index contributed by atoms with van der Waals surface area (Å²) in [4.78, 5) is 34.5. The minimum atomic E-state index is -0.628. The summed E-state index contributed by atoms with van der Waals surface area (Å²) in [6, 6.07) is 16.9. The summed E-state index contributed by atoms with van der Waals surface area (Å²) in [7, 11) is 0. The molecule has 6 heteroatoms. The average molecular weight is 398 g/mol. The van der Waals surface area contributed by atoms with Gasteiger partial charge in [-0.1, -0.05) is 48.5 Å². The van der Waals surface area contributed by atoms with Crippen molar-refractivity contribution in [3.05, 3.63) is 77.7 Å². The predicted octanol–water partition coefficient (Wildman–Crippen LogP) is 3.70. The van der Waals surface area contributed by atoms with Gasteiger partial charge in [0.15, 0.2) is 0 Å². The lowest BCUT2D eigenvalue weighted by Crippen LogP contribution is -2.43. The normalized spacial score (nSPS) is 18.1. The maximum absolute atomic E-state index is 12.9. The Morgan fingerprint density at radius 3 is 2.57 bits per heavy atom. The summed E-state index contributed by atoms with van der Waals surface area (Å²) in [6.07, 6.45) is 5.25. The van der Waals surface area contributed by atoms with Crippen LogP contribution in [0.3, 0.4) is 0 Å². The van der Waals surface area contributed by atoms with Crippen LogP contribution in [0.15, 0.2) is 60.8 Å². The van der Waals surface area contributed by atoms with Crippen LogP contribution in [-0.4, -0.2) is 27.8 Å². The molecule has 0 spiro atoms. The van der Waals surface area contributed by atoms with Crippen molar-refractivity contribution in [1.29, 1.82) is 0 Å². The van der Waals surface area contributed by atoms with Crippen molar-refractivity contribution in [1.82, 2.24) is 15.3 Å². The van der Waals surface area contributed by atoms with Gasteiger partial charge in [-0.05, 0) is 48.8 Å². The number of anilines is 1. The van der Waals surface area contributed by atoms with E-state index in [9.17, 15) is 9.59 Å². The number of amides is 2. The summed E-state index contributed by atoms with van der Waals surface area (Å²) >= 11 is 0. The van der Waals surface area contributed by atoms with Gasteiger partial charge in [0, 0.05) is 17.4 Å². The van der Waals surface area contributed by atoms with Crippen LogP contribution in [0.4, 0.5) is 5.69 Å². The number of hydrogen-bond acceptors (Lipinski definition) is 4. The van der Waals surface area contributed by atoms with Crippen LogP contribution in [-0.2, 0) is 11.2 Å². The quantitative estimate of drug-likeness (QED) is 0.702. The molecular formula is C24H22N4O2. The molecule has 1 aliphatic heterocycles. The zero-order valence-electron chi connectivity index (χ0n) is 16.5. The van der Waals surface area contributed by atoms with Gasteiger partial charge in [0.05, 0.1) is 5.69 Å². The average Bonchev–Trinajstić information content (AvgIpc) is 3.63. The first kappa shape index (κ1) is 18.5. The molecule has 0 saturated heterocycles. The van der Waals surface area contributed by atoms with Crippen LogP contribution in [0.25, 0.3) is 11.3 Å². The van der Waals surface area contributed by atoms with E-state index in [2.05, 4.69) is 20.6 Å². The van der Waals surface area contributed by atoms with Crippen molar-refractivity contribution >= 4 is 17.5 Å². The van der Waals surface area contributed by atoms with Gasteiger partial charge in [0.2, 0.25) is 11.7 Å². The molecule has 2 N–H and O–H groups in total. The summed E-state index contributed by atoms with van der Waals surface area (Å²) < 4.78 is 0. The minimum absolute atomic E-state index is 0.0906. The number of carbonyl (C=O) groups is 2. The van der Waals surface area contributed by atoms with Gasteiger partial charge < -0.3 is 10.6 Å². The molecule has 0 bridgehead atoms. The lowest BCUT2D eigenvalue weighted by molar-refractivity contribution is -0.118. The van der Waals surface area contributed by atoms with Crippen LogP contribution < -0.4 is 10.6 Å². The second-order valence-electron chi connectivity index (χ2n) is 7.85. The molecule has 1 atom stereocenters. The molecule has 2 heterocycles. The van der Waals surface area contributed by atoms with E-state index in [4.69, 9.17) is 0 Å². The van der Waals surface area contributed by atoms with E-state index in [1.807, 2.05) is 54.6 Å². The summed E-state index contributed by atoms with van der Waals surface area (Å²) in [5.41, 5.74) is 4.73. The maximum Gasteiger partial charge on any atom is 0.289 e. The van der Waals surface area contributed by atoms with Gasteiger partial charge in [0.25, 0.3) is 5.91 Å². The van der Waals surface area contributed by atoms with E-state index < -0.39 is 11.9 Å². The maximum atomic E-state index is 12.9. The predicted molar refractivity (Wildman–Crippen MR) is 114 cm³/mol. The van der Waals surface area contributed by atoms with Crippen LogP contribution in [0, 0.1) is 0 Å². The highest BCUT2D eigenvalue weighted by molar-refractivity contribution is 6.00. The Balaban J connectivity index is 1.38. The molecule has 150 valence electrons. The largest absolute Gasteiger partial charge is 0.337 e. The van der Waals surface area contributed by atoms with E-state index in [1.165, 1.54) is 0 Å². The first-order valence-electron chi connectivity index (χ1n) is 10.3. The van der Waals surface area contributed by atoms with Gasteiger partial charge in [-0.15, -0.1) is 0 Å². The molecule has 0 radical (unpaired) electrons. The smallest absolute Gasteiger partial charge is 0.289 e. The standard InChI is InChI=1S/C24H22N4O2/c29-23-20(13-12-16-6-4-5-9-19(16)26-23)27-24(30)22-25-14-18(15-10-11-15)21(28-22)17-7-2-1-3-8-17/h1-9,14-15,20H,10-13H2,(H,26,29)(H,27,30). The monoisotopic (exact) mass is 398 g/mol. The van der Waals surface area contributed by atoms with Crippen molar-refractivity contribution in [2.45, 2.75) is 37.6 Å². The summed E-state index contributed by atoms with van der Waals surface area (Å²) in [5.74, 6) is -0.0944. The van der Waals surface area contributed by atoms with Crippen molar-refractivity contribution in [3.8, 4) is 11.3 Å². The van der Waals surface area contributed by atoms with Gasteiger partial charge >= 0.3 is 0 Å². The second kappa shape index (κ2) is 7.71. The Bertz CT molecular complexity index is 1110. The first-order valence-corrected chi connectivity index (χ1v) is 10.3. The van der Waals surface area contributed by atoms with Crippen LogP contribution in [0.5, 0.6) is 0 Å². The fraction of sp³-hybridized carbons (Fsp3) is 0.250. The van der Waals surface area contributed by atoms with Gasteiger partial charge in [-0.3, -0.25) is 9.59 Å². The van der Waals surface area contributed by atoms with Crippen molar-refractivity contribution in [2.75, 3.05) is 5.32 Å². The van der Waals surface area contributed by atoms with E-state index in [0.29, 0.717) is 18.8 Å². The molecule has 1 aliphatic carbocycles. The number of aromatic nitrogens is 2.